The number of hydrogen-bond acceptors (Lipinski definition) is 2. The van der Waals surface area contributed by atoms with Crippen LogP contribution in [0.5, 0.6) is 0 Å². The maximum Gasteiger partial charge on any atom is 0.336 e. The molecule has 0 amide bonds. The van der Waals surface area contributed by atoms with Gasteiger partial charge in [-0.05, 0) is 59.7 Å². The first kappa shape index (κ1) is 25.0. The molecular weight excluding hydrogens is 460 g/mol. The van der Waals surface area contributed by atoms with E-state index >= 15 is 0 Å². The molecule has 0 aliphatic heterocycles. The van der Waals surface area contributed by atoms with Gasteiger partial charge >= 0.3 is 11.9 Å². The Labute approximate surface area is 216 Å². The highest BCUT2D eigenvalue weighted by Crippen LogP contribution is 2.33. The van der Waals surface area contributed by atoms with Crippen LogP contribution in [0.4, 0.5) is 0 Å². The molecular formula is C33H24O4. The molecule has 0 atom stereocenters. The molecule has 0 radical (unpaired) electrons. The van der Waals surface area contributed by atoms with E-state index in [-0.39, 0.29) is 11.1 Å². The van der Waals surface area contributed by atoms with Crippen LogP contribution in [0.3, 0.4) is 0 Å². The molecule has 4 nitrogen and oxygen atoms in total. The summed E-state index contributed by atoms with van der Waals surface area (Å²) in [5.74, 6) is 10.0. The maximum absolute atomic E-state index is 11.9. The summed E-state index contributed by atoms with van der Waals surface area (Å²) in [6.45, 7) is 4.00. The summed E-state index contributed by atoms with van der Waals surface area (Å²) >= 11 is 0. The van der Waals surface area contributed by atoms with Crippen molar-refractivity contribution in [3.05, 3.63) is 142 Å². The van der Waals surface area contributed by atoms with Gasteiger partial charge in [-0.15, -0.1) is 0 Å². The lowest BCUT2D eigenvalue weighted by atomic mass is 9.76. The Bertz CT molecular complexity index is 1470. The van der Waals surface area contributed by atoms with Crippen molar-refractivity contribution in [3.63, 3.8) is 0 Å². The van der Waals surface area contributed by atoms with Crippen LogP contribution in [0.2, 0.25) is 0 Å². The van der Waals surface area contributed by atoms with Crippen molar-refractivity contribution in [2.24, 2.45) is 0 Å². The first-order valence-corrected chi connectivity index (χ1v) is 11.7. The smallest absolute Gasteiger partial charge is 0.336 e. The Kier molecular flexibility index (Phi) is 7.23. The molecule has 4 heteroatoms. The fourth-order valence-corrected chi connectivity index (χ4v) is 3.93. The average Bonchev–Trinajstić information content (AvgIpc) is 2.91. The summed E-state index contributed by atoms with van der Waals surface area (Å²) in [4.78, 5) is 23.7. The zero-order valence-corrected chi connectivity index (χ0v) is 20.4. The van der Waals surface area contributed by atoms with Gasteiger partial charge in [0.15, 0.2) is 0 Å². The summed E-state index contributed by atoms with van der Waals surface area (Å²) in [5.41, 5.74) is 3.75. The van der Waals surface area contributed by atoms with Crippen molar-refractivity contribution in [2.75, 3.05) is 0 Å². The summed E-state index contributed by atoms with van der Waals surface area (Å²) in [6, 6.07) is 29.0. The van der Waals surface area contributed by atoms with Crippen molar-refractivity contribution in [1.82, 2.24) is 0 Å². The third-order valence-corrected chi connectivity index (χ3v) is 6.17. The molecule has 180 valence electrons. The second kappa shape index (κ2) is 10.7. The molecule has 2 N–H and O–H groups in total. The van der Waals surface area contributed by atoms with Crippen LogP contribution in [-0.2, 0) is 5.41 Å². The predicted molar refractivity (Wildman–Crippen MR) is 144 cm³/mol. The van der Waals surface area contributed by atoms with Crippen molar-refractivity contribution >= 4 is 11.9 Å². The van der Waals surface area contributed by atoms with E-state index in [2.05, 4.69) is 23.7 Å². The molecule has 0 fully saturated rings. The summed E-state index contributed by atoms with van der Waals surface area (Å²) in [6.07, 6.45) is 0. The van der Waals surface area contributed by atoms with E-state index in [9.17, 15) is 19.8 Å². The Morgan fingerprint density at radius 1 is 0.568 bits per heavy atom. The topological polar surface area (TPSA) is 74.6 Å². The van der Waals surface area contributed by atoms with Crippen molar-refractivity contribution in [1.29, 1.82) is 0 Å². The molecule has 0 heterocycles. The van der Waals surface area contributed by atoms with Gasteiger partial charge in [-0.3, -0.25) is 0 Å². The van der Waals surface area contributed by atoms with Crippen LogP contribution in [0.25, 0.3) is 0 Å². The largest absolute Gasteiger partial charge is 0.478 e. The molecule has 0 saturated heterocycles. The van der Waals surface area contributed by atoms with Crippen LogP contribution in [0.1, 0.15) is 67.9 Å². The molecule has 0 bridgehead atoms. The zero-order chi connectivity index (χ0) is 26.4. The van der Waals surface area contributed by atoms with Gasteiger partial charge in [0.05, 0.1) is 11.1 Å². The van der Waals surface area contributed by atoms with Gasteiger partial charge in [0.2, 0.25) is 0 Å². The van der Waals surface area contributed by atoms with E-state index in [1.165, 1.54) is 0 Å². The minimum Gasteiger partial charge on any atom is -0.478 e. The Hall–Kier alpha value is -5.06. The Morgan fingerprint density at radius 2 is 0.946 bits per heavy atom. The van der Waals surface area contributed by atoms with E-state index in [1.807, 2.05) is 74.5 Å². The molecule has 0 spiro atoms. The minimum absolute atomic E-state index is 0.124. The molecule has 0 unspecified atom stereocenters. The molecule has 0 aliphatic rings. The third-order valence-electron chi connectivity index (χ3n) is 6.17. The second-order valence-corrected chi connectivity index (χ2v) is 8.99. The molecule has 4 aromatic rings. The molecule has 4 rings (SSSR count). The lowest BCUT2D eigenvalue weighted by Crippen LogP contribution is -2.20. The van der Waals surface area contributed by atoms with E-state index in [0.717, 1.165) is 22.3 Å². The summed E-state index contributed by atoms with van der Waals surface area (Å²) in [7, 11) is 0. The summed E-state index contributed by atoms with van der Waals surface area (Å²) < 4.78 is 0. The highest BCUT2D eigenvalue weighted by molar-refractivity contribution is 5.92. The van der Waals surface area contributed by atoms with Gasteiger partial charge in [0.1, 0.15) is 0 Å². The van der Waals surface area contributed by atoms with E-state index < -0.39 is 17.4 Å². The second-order valence-electron chi connectivity index (χ2n) is 8.99. The van der Waals surface area contributed by atoms with Crippen LogP contribution in [-0.4, -0.2) is 22.2 Å². The monoisotopic (exact) mass is 484 g/mol. The maximum atomic E-state index is 11.9. The lowest BCUT2D eigenvalue weighted by molar-refractivity contribution is 0.0685. The molecule has 4 aromatic carbocycles. The van der Waals surface area contributed by atoms with Gasteiger partial charge in [-0.2, -0.15) is 0 Å². The third kappa shape index (κ3) is 5.78. The van der Waals surface area contributed by atoms with Crippen LogP contribution < -0.4 is 0 Å². The number of carboxylic acids is 2. The fourth-order valence-electron chi connectivity index (χ4n) is 3.93. The first-order chi connectivity index (χ1) is 17.8. The Morgan fingerprint density at radius 3 is 1.30 bits per heavy atom. The van der Waals surface area contributed by atoms with Crippen LogP contribution in [0.15, 0.2) is 97.1 Å². The van der Waals surface area contributed by atoms with Crippen LogP contribution in [0, 0.1) is 23.7 Å². The van der Waals surface area contributed by atoms with Crippen molar-refractivity contribution < 1.29 is 19.8 Å². The van der Waals surface area contributed by atoms with Crippen LogP contribution >= 0.6 is 0 Å². The number of benzene rings is 4. The number of carboxylic acid groups (broad SMARTS) is 2. The zero-order valence-electron chi connectivity index (χ0n) is 20.4. The van der Waals surface area contributed by atoms with Gasteiger partial charge < -0.3 is 10.2 Å². The van der Waals surface area contributed by atoms with E-state index in [1.54, 1.807) is 36.4 Å². The molecule has 37 heavy (non-hydrogen) atoms. The first-order valence-electron chi connectivity index (χ1n) is 11.7. The number of aromatic carboxylic acids is 2. The normalized spacial score (nSPS) is 10.4. The van der Waals surface area contributed by atoms with E-state index in [4.69, 9.17) is 0 Å². The molecule has 0 aliphatic carbocycles. The number of carbonyl (C=O) groups is 2. The molecule has 0 saturated carbocycles. The fraction of sp³-hybridized carbons (Fsp3) is 0.0909. The average molecular weight is 485 g/mol. The quantitative estimate of drug-likeness (QED) is 0.338. The van der Waals surface area contributed by atoms with Crippen molar-refractivity contribution in [3.8, 4) is 23.7 Å². The van der Waals surface area contributed by atoms with Crippen molar-refractivity contribution in [2.45, 2.75) is 19.3 Å². The van der Waals surface area contributed by atoms with Gasteiger partial charge in [-0.25, -0.2) is 9.59 Å². The van der Waals surface area contributed by atoms with Gasteiger partial charge in [0.25, 0.3) is 0 Å². The predicted octanol–water partition coefficient (Wildman–Crippen LogP) is 6.21. The van der Waals surface area contributed by atoms with Gasteiger partial charge in [-0.1, -0.05) is 86.1 Å². The van der Waals surface area contributed by atoms with Gasteiger partial charge in [0, 0.05) is 27.7 Å². The molecule has 0 aromatic heterocycles. The lowest BCUT2D eigenvalue weighted by Gasteiger charge is -2.27. The Balaban J connectivity index is 1.78. The number of rotatable bonds is 4. The summed E-state index contributed by atoms with van der Waals surface area (Å²) in [5, 5.41) is 19.4. The standard InChI is InChI=1S/C33H24O4/c1-33(2,27-17-19-29(31(34)35)25(21-27)15-13-23-9-5-3-6-10-23)28-18-20-30(32(36)37)26(22-28)16-14-24-11-7-4-8-12-24/h3-12,17-22H,1-2H3,(H,34,35)(H,36,37). The minimum atomic E-state index is -1.05. The highest BCUT2D eigenvalue weighted by atomic mass is 16.4. The highest BCUT2D eigenvalue weighted by Gasteiger charge is 2.26. The number of hydrogen-bond donors (Lipinski definition) is 2. The van der Waals surface area contributed by atoms with E-state index in [0.29, 0.717) is 11.1 Å². The SMILES string of the molecule is CC(C)(c1ccc(C(=O)O)c(C#Cc2ccccc2)c1)c1ccc(C(=O)O)c(C#Cc2ccccc2)c1.